The van der Waals surface area contributed by atoms with Crippen LogP contribution in [-0.4, -0.2) is 113 Å². The summed E-state index contributed by atoms with van der Waals surface area (Å²) in [6, 6.07) is 0. The summed E-state index contributed by atoms with van der Waals surface area (Å²) in [5.74, 6) is -2.46. The lowest BCUT2D eigenvalue weighted by Gasteiger charge is -2.14. The molecule has 0 aliphatic carbocycles. The first-order valence-electron chi connectivity index (χ1n) is 15.3. The van der Waals surface area contributed by atoms with Gasteiger partial charge >= 0.3 is 34.1 Å². The molecule has 0 bridgehead atoms. The van der Waals surface area contributed by atoms with Crippen molar-refractivity contribution in [3.05, 3.63) is 62.9 Å². The Kier molecular flexibility index (Phi) is 25.0. The molecule has 2 heterocycles. The fraction of sp³-hybridized carbons (Fsp3) is 0.615. The maximum atomic E-state index is 12.6. The van der Waals surface area contributed by atoms with Crippen LogP contribution in [0.25, 0.3) is 0 Å². The van der Waals surface area contributed by atoms with Gasteiger partial charge in [0.1, 0.15) is 17.6 Å². The molecule has 9 N–H and O–H groups in total. The number of nitrogens with one attached hydrogen (secondary N) is 3. The topological polar surface area (TPSA) is 314 Å². The average molecular weight is 859 g/mol. The molecule has 0 saturated heterocycles. The van der Waals surface area contributed by atoms with Gasteiger partial charge in [-0.3, -0.25) is 19.2 Å². The van der Waals surface area contributed by atoms with Crippen LogP contribution in [0.3, 0.4) is 0 Å². The fourth-order valence-corrected chi connectivity index (χ4v) is 4.25. The number of nitrogens with two attached hydrogens (primary N) is 3. The van der Waals surface area contributed by atoms with Gasteiger partial charge in [-0.2, -0.15) is 0 Å². The zero-order chi connectivity index (χ0) is 40.7. The summed E-state index contributed by atoms with van der Waals surface area (Å²) in [5.41, 5.74) is 11.2. The molecule has 0 spiro atoms. The highest BCUT2D eigenvalue weighted by Crippen LogP contribution is 1.82. The van der Waals surface area contributed by atoms with E-state index >= 15 is 0 Å². The maximum absolute atomic E-state index is 12.6. The summed E-state index contributed by atoms with van der Waals surface area (Å²) < 4.78 is 5.07. The van der Waals surface area contributed by atoms with Crippen molar-refractivity contribution < 1.29 is 19.2 Å². The predicted octanol–water partition coefficient (Wildman–Crippen LogP) is -5.72. The standard InChI is InChI=1S/C15H21Cl3N6O6.C9H18N6O3.C2H2Cl2O/c16-7-10(25)19-1-4-22-13(28)23(5-2-20-11(26)8-17)15(30)24(14(22)29)6-3-21-12(27)9-18;10-1-4-13-7(16)14(5-2-11)9(18)15(6-3-12)8(13)17;3-1-2(4)5/h1-9H2,(H,19,25)(H,20,26)(H,21,27);1-6,10-12H2;1H2. The summed E-state index contributed by atoms with van der Waals surface area (Å²) in [4.78, 5) is 117. The zero-order valence-corrected chi connectivity index (χ0v) is 32.0. The van der Waals surface area contributed by atoms with Gasteiger partial charge in [0.15, 0.2) is 0 Å². The molecule has 0 fully saturated rings. The highest BCUT2D eigenvalue weighted by atomic mass is 35.5. The first-order valence-corrected chi connectivity index (χ1v) is 17.8. The molecule has 2 rings (SSSR count). The van der Waals surface area contributed by atoms with E-state index in [1.807, 2.05) is 0 Å². The van der Waals surface area contributed by atoms with E-state index in [0.29, 0.717) is 0 Å². The minimum absolute atomic E-state index is 0.0487. The summed E-state index contributed by atoms with van der Waals surface area (Å²) in [6.07, 6.45) is 0. The first kappa shape index (κ1) is 49.2. The third-order valence-electron chi connectivity index (χ3n) is 6.27. The third kappa shape index (κ3) is 16.4. The van der Waals surface area contributed by atoms with Crippen molar-refractivity contribution in [3.8, 4) is 0 Å². The highest BCUT2D eigenvalue weighted by Gasteiger charge is 2.17. The Bertz CT molecular complexity index is 1630. The average Bonchev–Trinajstić information content (AvgIpc) is 3.14. The van der Waals surface area contributed by atoms with Crippen LogP contribution >= 0.6 is 58.0 Å². The van der Waals surface area contributed by atoms with Gasteiger partial charge in [-0.25, -0.2) is 56.2 Å². The quantitative estimate of drug-likeness (QED) is 0.0568. The number of halogens is 5. The van der Waals surface area contributed by atoms with E-state index in [4.69, 9.17) is 75.2 Å². The molecule has 300 valence electrons. The number of nitrogens with zero attached hydrogens (tertiary/aromatic N) is 6. The number of rotatable bonds is 19. The van der Waals surface area contributed by atoms with Gasteiger partial charge in [-0.05, 0) is 11.6 Å². The van der Waals surface area contributed by atoms with E-state index in [0.717, 1.165) is 27.4 Å². The number of carbonyl (C=O) groups excluding carboxylic acids is 4. The maximum Gasteiger partial charge on any atom is 0.336 e. The molecule has 27 heteroatoms. The van der Waals surface area contributed by atoms with Crippen molar-refractivity contribution in [1.82, 2.24) is 43.4 Å². The molecular formula is C26H41Cl5N12O10. The SMILES string of the molecule is NCCn1c(=O)n(CCN)c(=O)n(CCN)c1=O.O=C(CCl)NCCn1c(=O)n(CCNC(=O)CCl)c(=O)n(CCNC(=O)CCl)c1=O.O=C(Cl)CCl. The van der Waals surface area contributed by atoms with Crippen LogP contribution in [0, 0.1) is 0 Å². The van der Waals surface area contributed by atoms with Crippen molar-refractivity contribution in [1.29, 1.82) is 0 Å². The second-order valence-corrected chi connectivity index (χ2v) is 11.4. The van der Waals surface area contributed by atoms with Gasteiger partial charge in [0.05, 0.1) is 5.88 Å². The fourth-order valence-electron chi connectivity index (χ4n) is 3.96. The van der Waals surface area contributed by atoms with Crippen LogP contribution in [0.5, 0.6) is 0 Å². The third-order valence-corrected chi connectivity index (χ3v) is 7.51. The Morgan fingerprint density at radius 2 is 0.604 bits per heavy atom. The minimum Gasteiger partial charge on any atom is -0.353 e. The second kappa shape index (κ2) is 26.9. The summed E-state index contributed by atoms with van der Waals surface area (Å²) in [7, 11) is 0. The number of hydrogen-bond acceptors (Lipinski definition) is 13. The second-order valence-electron chi connectivity index (χ2n) is 9.91. The lowest BCUT2D eigenvalue weighted by atomic mass is 10.5. The van der Waals surface area contributed by atoms with Crippen LogP contribution in [0.1, 0.15) is 0 Å². The van der Waals surface area contributed by atoms with Gasteiger partial charge < -0.3 is 33.2 Å². The van der Waals surface area contributed by atoms with Gasteiger partial charge in [-0.1, -0.05) is 0 Å². The lowest BCUT2D eigenvalue weighted by Crippen LogP contribution is -2.56. The zero-order valence-electron chi connectivity index (χ0n) is 28.2. The molecule has 2 aromatic heterocycles. The van der Waals surface area contributed by atoms with Crippen molar-refractivity contribution in [2.24, 2.45) is 17.2 Å². The Hall–Kier alpha value is -3.77. The number of aromatic nitrogens is 6. The van der Waals surface area contributed by atoms with Crippen molar-refractivity contribution in [2.75, 3.05) is 62.8 Å². The molecule has 0 unspecified atom stereocenters. The van der Waals surface area contributed by atoms with E-state index in [2.05, 4.69) is 16.0 Å². The molecule has 0 aliphatic heterocycles. The van der Waals surface area contributed by atoms with E-state index < -0.39 is 57.1 Å². The van der Waals surface area contributed by atoms with E-state index in [1.165, 1.54) is 0 Å². The van der Waals surface area contributed by atoms with Crippen molar-refractivity contribution in [3.63, 3.8) is 0 Å². The van der Waals surface area contributed by atoms with Crippen LogP contribution in [0.15, 0.2) is 28.8 Å². The molecular weight excluding hydrogens is 818 g/mol. The summed E-state index contributed by atoms with van der Waals surface area (Å²) >= 11 is 25.7. The van der Waals surface area contributed by atoms with Gasteiger partial charge in [0, 0.05) is 78.5 Å². The van der Waals surface area contributed by atoms with E-state index in [-0.39, 0.29) is 102 Å². The summed E-state index contributed by atoms with van der Waals surface area (Å²) in [5, 5.41) is 6.72. The predicted molar refractivity (Wildman–Crippen MR) is 198 cm³/mol. The van der Waals surface area contributed by atoms with E-state index in [9.17, 15) is 47.9 Å². The molecule has 53 heavy (non-hydrogen) atoms. The normalized spacial score (nSPS) is 10.3. The van der Waals surface area contributed by atoms with Gasteiger partial charge in [0.2, 0.25) is 23.0 Å². The molecule has 0 aliphatic rings. The molecule has 0 saturated carbocycles. The molecule has 0 radical (unpaired) electrons. The van der Waals surface area contributed by atoms with Crippen molar-refractivity contribution in [2.45, 2.75) is 39.3 Å². The summed E-state index contributed by atoms with van der Waals surface area (Å²) in [6.45, 7) is -0.377. The van der Waals surface area contributed by atoms with E-state index in [1.54, 1.807) is 0 Å². The van der Waals surface area contributed by atoms with Crippen LogP contribution in [0.2, 0.25) is 0 Å². The number of alkyl halides is 4. The number of carbonyl (C=O) groups is 4. The van der Waals surface area contributed by atoms with Crippen LogP contribution in [0.4, 0.5) is 0 Å². The Morgan fingerprint density at radius 1 is 0.415 bits per heavy atom. The Labute approximate surface area is 324 Å². The largest absolute Gasteiger partial charge is 0.353 e. The first-order chi connectivity index (χ1) is 25.1. The number of hydrogen-bond donors (Lipinski definition) is 6. The Balaban J connectivity index is 0.000000989. The number of amides is 3. The Morgan fingerprint density at radius 3 is 0.755 bits per heavy atom. The molecule has 0 aromatic carbocycles. The molecule has 3 amide bonds. The van der Waals surface area contributed by atoms with Gasteiger partial charge in [-0.15, -0.1) is 46.4 Å². The minimum atomic E-state index is -0.911. The van der Waals surface area contributed by atoms with Gasteiger partial charge in [0.25, 0.3) is 0 Å². The monoisotopic (exact) mass is 856 g/mol. The lowest BCUT2D eigenvalue weighted by molar-refractivity contribution is -0.119. The highest BCUT2D eigenvalue weighted by molar-refractivity contribution is 6.67. The molecule has 2 aromatic rings. The van der Waals surface area contributed by atoms with Crippen LogP contribution < -0.4 is 67.3 Å². The molecule has 22 nitrogen and oxygen atoms in total. The molecule has 0 atom stereocenters. The van der Waals surface area contributed by atoms with Crippen LogP contribution in [-0.2, 0) is 58.4 Å². The smallest absolute Gasteiger partial charge is 0.336 e. The van der Waals surface area contributed by atoms with Crippen molar-refractivity contribution >= 4 is 81.0 Å².